The third-order valence-electron chi connectivity index (χ3n) is 3.27. The van der Waals surface area contributed by atoms with Gasteiger partial charge in [-0.25, -0.2) is 4.98 Å². The second kappa shape index (κ2) is 7.71. The fraction of sp³-hybridized carbons (Fsp3) is 0.375. The lowest BCUT2D eigenvalue weighted by Gasteiger charge is -2.27. The molecular formula is C16H21N3O2. The minimum Gasteiger partial charge on any atom is -0.480 e. The van der Waals surface area contributed by atoms with E-state index >= 15 is 0 Å². The van der Waals surface area contributed by atoms with Crippen molar-refractivity contribution in [2.75, 3.05) is 20.8 Å². The lowest BCUT2D eigenvalue weighted by atomic mass is 9.99. The minimum atomic E-state index is -0.160. The second-order valence-corrected chi connectivity index (χ2v) is 4.50. The first-order valence-electron chi connectivity index (χ1n) is 7.00. The van der Waals surface area contributed by atoms with E-state index in [9.17, 15) is 0 Å². The number of hydrogen-bond acceptors (Lipinski definition) is 5. The van der Waals surface area contributed by atoms with E-state index in [1.54, 1.807) is 19.5 Å². The first-order chi connectivity index (χ1) is 10.3. The summed E-state index contributed by atoms with van der Waals surface area (Å²) < 4.78 is 11.3. The predicted octanol–water partition coefficient (Wildman–Crippen LogP) is 2.52. The highest BCUT2D eigenvalue weighted by Crippen LogP contribution is 2.34. The van der Waals surface area contributed by atoms with Gasteiger partial charge in [-0.3, -0.25) is 4.98 Å². The van der Waals surface area contributed by atoms with Crippen LogP contribution in [-0.4, -0.2) is 30.7 Å². The molecule has 0 saturated carbocycles. The summed E-state index contributed by atoms with van der Waals surface area (Å²) in [6.07, 6.45) is 3.12. The third kappa shape index (κ3) is 3.56. The summed E-state index contributed by atoms with van der Waals surface area (Å²) in [7, 11) is 3.48. The Morgan fingerprint density at radius 1 is 1.14 bits per heavy atom. The number of rotatable bonds is 7. The van der Waals surface area contributed by atoms with Crippen LogP contribution in [0.2, 0.25) is 0 Å². The zero-order chi connectivity index (χ0) is 15.1. The van der Waals surface area contributed by atoms with Crippen molar-refractivity contribution in [3.63, 3.8) is 0 Å². The van der Waals surface area contributed by atoms with Crippen molar-refractivity contribution in [2.45, 2.75) is 19.1 Å². The quantitative estimate of drug-likeness (QED) is 0.848. The summed E-state index contributed by atoms with van der Waals surface area (Å²) >= 11 is 0. The molecule has 0 amide bonds. The Balaban J connectivity index is 2.40. The zero-order valence-electron chi connectivity index (χ0n) is 12.6. The average Bonchev–Trinajstić information content (AvgIpc) is 2.56. The zero-order valence-corrected chi connectivity index (χ0v) is 12.6. The number of hydrogen-bond donors (Lipinski definition) is 1. The fourth-order valence-electron chi connectivity index (χ4n) is 2.35. The van der Waals surface area contributed by atoms with Gasteiger partial charge in [0.25, 0.3) is 0 Å². The third-order valence-corrected chi connectivity index (χ3v) is 3.27. The molecule has 0 radical (unpaired) electrons. The van der Waals surface area contributed by atoms with Gasteiger partial charge in [0.15, 0.2) is 0 Å². The Hall–Kier alpha value is -1.98. The molecule has 1 aromatic heterocycles. The molecule has 0 spiro atoms. The van der Waals surface area contributed by atoms with Crippen LogP contribution in [-0.2, 0) is 4.74 Å². The van der Waals surface area contributed by atoms with Gasteiger partial charge < -0.3 is 14.8 Å². The van der Waals surface area contributed by atoms with E-state index in [-0.39, 0.29) is 12.1 Å². The van der Waals surface area contributed by atoms with E-state index in [4.69, 9.17) is 9.47 Å². The molecule has 2 aromatic rings. The first kappa shape index (κ1) is 15.4. The maximum absolute atomic E-state index is 5.95. The van der Waals surface area contributed by atoms with Crippen molar-refractivity contribution in [1.82, 2.24) is 15.3 Å². The maximum Gasteiger partial charge on any atom is 0.237 e. The maximum atomic E-state index is 5.95. The molecule has 0 aliphatic heterocycles. The van der Waals surface area contributed by atoms with E-state index in [1.165, 1.54) is 0 Å². The summed E-state index contributed by atoms with van der Waals surface area (Å²) in [5.41, 5.74) is 1.83. The van der Waals surface area contributed by atoms with Crippen LogP contribution < -0.4 is 10.1 Å². The van der Waals surface area contributed by atoms with Crippen molar-refractivity contribution in [3.8, 4) is 5.88 Å². The highest BCUT2D eigenvalue weighted by Gasteiger charge is 2.28. The number of methoxy groups -OCH3 is 1. The molecule has 2 rings (SSSR count). The Labute approximate surface area is 125 Å². The normalized spacial score (nSPS) is 13.7. The van der Waals surface area contributed by atoms with E-state index < -0.39 is 0 Å². The van der Waals surface area contributed by atoms with E-state index in [0.29, 0.717) is 12.5 Å². The number of benzene rings is 1. The van der Waals surface area contributed by atoms with Crippen LogP contribution in [0, 0.1) is 0 Å². The molecule has 112 valence electrons. The van der Waals surface area contributed by atoms with E-state index in [2.05, 4.69) is 15.3 Å². The van der Waals surface area contributed by atoms with Crippen LogP contribution in [0.1, 0.15) is 30.3 Å². The largest absolute Gasteiger partial charge is 0.480 e. The molecule has 0 aliphatic rings. The predicted molar refractivity (Wildman–Crippen MR) is 81.2 cm³/mol. The molecular weight excluding hydrogens is 266 g/mol. The summed E-state index contributed by atoms with van der Waals surface area (Å²) in [5.74, 6) is 0.512. The lowest BCUT2D eigenvalue weighted by Crippen LogP contribution is -2.27. The first-order valence-corrected chi connectivity index (χ1v) is 7.00. The molecule has 2 unspecified atom stereocenters. The van der Waals surface area contributed by atoms with Crippen LogP contribution in [0.4, 0.5) is 0 Å². The number of likely N-dealkylation sites (N-methyl/N-ethyl adjacent to an activating group) is 1. The highest BCUT2D eigenvalue weighted by molar-refractivity contribution is 5.27. The summed E-state index contributed by atoms with van der Waals surface area (Å²) in [5, 5.41) is 3.27. The topological polar surface area (TPSA) is 56.3 Å². The van der Waals surface area contributed by atoms with Crippen molar-refractivity contribution in [1.29, 1.82) is 0 Å². The number of nitrogens with zero attached hydrogens (tertiary/aromatic N) is 2. The van der Waals surface area contributed by atoms with Crippen LogP contribution in [0.5, 0.6) is 5.88 Å². The fourth-order valence-corrected chi connectivity index (χ4v) is 2.35. The van der Waals surface area contributed by atoms with E-state index in [0.717, 1.165) is 11.3 Å². The van der Waals surface area contributed by atoms with Gasteiger partial charge >= 0.3 is 0 Å². The standard InChI is InChI=1S/C16H21N3O2/c1-4-21-15(12-8-6-5-7-9-12)13(17-2)14-16(20-3)19-11-10-18-14/h5-11,13,15,17H,4H2,1-3H3. The molecule has 0 fully saturated rings. The molecule has 21 heavy (non-hydrogen) atoms. The van der Waals surface area contributed by atoms with Gasteiger partial charge in [-0.2, -0.15) is 0 Å². The molecule has 5 nitrogen and oxygen atoms in total. The molecule has 2 atom stereocenters. The number of aromatic nitrogens is 2. The van der Waals surface area contributed by atoms with Gasteiger partial charge in [0.05, 0.1) is 13.2 Å². The van der Waals surface area contributed by atoms with Crippen LogP contribution in [0.15, 0.2) is 42.7 Å². The molecule has 1 N–H and O–H groups in total. The monoisotopic (exact) mass is 287 g/mol. The molecule has 1 aromatic carbocycles. The Bertz CT molecular complexity index is 548. The van der Waals surface area contributed by atoms with Gasteiger partial charge in [-0.1, -0.05) is 30.3 Å². The van der Waals surface area contributed by atoms with Crippen LogP contribution in [0.3, 0.4) is 0 Å². The highest BCUT2D eigenvalue weighted by atomic mass is 16.5. The van der Waals surface area contributed by atoms with Crippen molar-refractivity contribution in [2.24, 2.45) is 0 Å². The summed E-state index contributed by atoms with van der Waals surface area (Å²) in [6.45, 7) is 2.59. The van der Waals surface area contributed by atoms with Crippen molar-refractivity contribution in [3.05, 3.63) is 54.0 Å². The Morgan fingerprint density at radius 2 is 1.86 bits per heavy atom. The second-order valence-electron chi connectivity index (χ2n) is 4.50. The van der Waals surface area contributed by atoms with Gasteiger partial charge in [0, 0.05) is 19.0 Å². The summed E-state index contributed by atoms with van der Waals surface area (Å²) in [6, 6.07) is 9.95. The SMILES string of the molecule is CCOC(c1ccccc1)C(NC)c1nccnc1OC. The number of nitrogens with one attached hydrogen (secondary N) is 1. The lowest BCUT2D eigenvalue weighted by molar-refractivity contribution is 0.0328. The van der Waals surface area contributed by atoms with Crippen LogP contribution >= 0.6 is 0 Å². The van der Waals surface area contributed by atoms with E-state index in [1.807, 2.05) is 44.3 Å². The Morgan fingerprint density at radius 3 is 2.48 bits per heavy atom. The molecule has 0 saturated heterocycles. The Kier molecular flexibility index (Phi) is 5.66. The summed E-state index contributed by atoms with van der Waals surface area (Å²) in [4.78, 5) is 8.64. The molecule has 0 bridgehead atoms. The molecule has 1 heterocycles. The smallest absolute Gasteiger partial charge is 0.237 e. The van der Waals surface area contributed by atoms with Gasteiger partial charge in [0.2, 0.25) is 5.88 Å². The van der Waals surface area contributed by atoms with Crippen LogP contribution in [0.25, 0.3) is 0 Å². The number of ether oxygens (including phenoxy) is 2. The van der Waals surface area contributed by atoms with Gasteiger partial charge in [-0.15, -0.1) is 0 Å². The van der Waals surface area contributed by atoms with Crippen molar-refractivity contribution >= 4 is 0 Å². The van der Waals surface area contributed by atoms with Crippen molar-refractivity contribution < 1.29 is 9.47 Å². The minimum absolute atomic E-state index is 0.143. The van der Waals surface area contributed by atoms with Gasteiger partial charge in [-0.05, 0) is 19.5 Å². The molecule has 5 heteroatoms. The molecule has 0 aliphatic carbocycles. The average molecular weight is 287 g/mol. The van der Waals surface area contributed by atoms with Gasteiger partial charge in [0.1, 0.15) is 11.8 Å².